The fourth-order valence-electron chi connectivity index (χ4n) is 3.19. The van der Waals surface area contributed by atoms with Crippen LogP contribution in [-0.4, -0.2) is 23.9 Å². The van der Waals surface area contributed by atoms with E-state index in [2.05, 4.69) is 39.5 Å². The van der Waals surface area contributed by atoms with Gasteiger partial charge in [-0.05, 0) is 49.2 Å². The topological polar surface area (TPSA) is 53.6 Å². The quantitative estimate of drug-likeness (QED) is 0.386. The van der Waals surface area contributed by atoms with Crippen molar-refractivity contribution >= 4 is 35.6 Å². The Bertz CT molecular complexity index is 662. The molecule has 0 amide bonds. The second kappa shape index (κ2) is 11.2. The minimum atomic E-state index is 0. The van der Waals surface area contributed by atoms with E-state index in [0.717, 1.165) is 12.2 Å². The molecule has 0 unspecified atom stereocenters. The molecule has 0 aromatic heterocycles. The summed E-state index contributed by atoms with van der Waals surface area (Å²) in [6.45, 7) is 4.11. The molecule has 0 atom stereocenters. The summed E-state index contributed by atoms with van der Waals surface area (Å²) in [5.41, 5.74) is 9.47. The lowest BCUT2D eigenvalue weighted by atomic mass is 10.1. The number of nitrogens with two attached hydrogens (primary N) is 1. The molecule has 0 aliphatic carbocycles. The Morgan fingerprint density at radius 3 is 2.15 bits per heavy atom. The molecule has 3 N–H and O–H groups in total. The second-order valence-electron chi connectivity index (χ2n) is 6.70. The first-order valence-electron chi connectivity index (χ1n) is 9.22. The van der Waals surface area contributed by atoms with Crippen LogP contribution in [0.25, 0.3) is 0 Å². The third-order valence-electron chi connectivity index (χ3n) is 4.61. The molecule has 140 valence electrons. The van der Waals surface area contributed by atoms with Crippen LogP contribution in [0.3, 0.4) is 0 Å². The van der Waals surface area contributed by atoms with Crippen LogP contribution in [-0.2, 0) is 13.1 Å². The highest BCUT2D eigenvalue weighted by Gasteiger charge is 2.09. The molecule has 0 radical (unpaired) electrons. The van der Waals surface area contributed by atoms with Crippen molar-refractivity contribution in [3.8, 4) is 0 Å². The number of nitrogens with zero attached hydrogens (tertiary/aromatic N) is 2. The first-order chi connectivity index (χ1) is 12.3. The van der Waals surface area contributed by atoms with Crippen LogP contribution in [0, 0.1) is 0 Å². The number of hydrogen-bond acceptors (Lipinski definition) is 2. The van der Waals surface area contributed by atoms with Gasteiger partial charge in [-0.1, -0.05) is 55.3 Å². The zero-order valence-corrected chi connectivity index (χ0v) is 17.6. The summed E-state index contributed by atoms with van der Waals surface area (Å²) in [6.07, 6.45) is 5.43. The average Bonchev–Trinajstić information content (AvgIpc) is 2.91. The minimum Gasteiger partial charge on any atom is -0.370 e. The first-order valence-corrected chi connectivity index (χ1v) is 9.22. The van der Waals surface area contributed by atoms with Crippen LogP contribution in [0.4, 0.5) is 5.69 Å². The zero-order chi connectivity index (χ0) is 17.3. The van der Waals surface area contributed by atoms with Crippen LogP contribution in [0.1, 0.15) is 36.8 Å². The van der Waals surface area contributed by atoms with E-state index in [1.807, 2.05) is 30.3 Å². The van der Waals surface area contributed by atoms with Crippen molar-refractivity contribution in [1.82, 2.24) is 4.90 Å². The fraction of sp³-hybridized carbons (Fsp3) is 0.381. The minimum absolute atomic E-state index is 0. The highest BCUT2D eigenvalue weighted by Crippen LogP contribution is 2.14. The maximum atomic E-state index is 5.95. The van der Waals surface area contributed by atoms with Gasteiger partial charge in [0.15, 0.2) is 5.96 Å². The summed E-state index contributed by atoms with van der Waals surface area (Å²) in [4.78, 5) is 6.99. The highest BCUT2D eigenvalue weighted by molar-refractivity contribution is 14.0. The third-order valence-corrected chi connectivity index (χ3v) is 4.61. The van der Waals surface area contributed by atoms with Crippen LogP contribution in [0.15, 0.2) is 59.6 Å². The number of rotatable bonds is 5. The molecule has 5 heteroatoms. The van der Waals surface area contributed by atoms with Gasteiger partial charge in [-0.15, -0.1) is 24.0 Å². The van der Waals surface area contributed by atoms with Crippen molar-refractivity contribution in [3.05, 3.63) is 65.7 Å². The van der Waals surface area contributed by atoms with Crippen molar-refractivity contribution in [1.29, 1.82) is 0 Å². The van der Waals surface area contributed by atoms with E-state index in [9.17, 15) is 0 Å². The summed E-state index contributed by atoms with van der Waals surface area (Å²) < 4.78 is 0. The number of anilines is 1. The normalized spacial score (nSPS) is 15.8. The van der Waals surface area contributed by atoms with Gasteiger partial charge < -0.3 is 11.1 Å². The van der Waals surface area contributed by atoms with Gasteiger partial charge in [-0.3, -0.25) is 4.90 Å². The van der Waals surface area contributed by atoms with Crippen molar-refractivity contribution in [2.45, 2.75) is 38.8 Å². The predicted octanol–water partition coefficient (Wildman–Crippen LogP) is 4.61. The molecule has 3 rings (SSSR count). The number of halogens is 1. The smallest absolute Gasteiger partial charge is 0.193 e. The standard InChI is InChI=1S/C21H28N4.HI/c22-21(24-20-8-4-3-5-9-20)23-16-18-10-12-19(13-11-18)17-25-14-6-1-2-7-15-25;/h3-5,8-13H,1-2,6-7,14-17H2,(H3,22,23,24);1H. The molecule has 0 spiro atoms. The molecule has 1 aliphatic rings. The molecule has 1 aliphatic heterocycles. The Labute approximate surface area is 173 Å². The van der Waals surface area contributed by atoms with E-state index in [1.54, 1.807) is 0 Å². The summed E-state index contributed by atoms with van der Waals surface area (Å²) in [5, 5.41) is 3.10. The number of nitrogens with one attached hydrogen (secondary N) is 1. The fourth-order valence-corrected chi connectivity index (χ4v) is 3.19. The van der Waals surface area contributed by atoms with E-state index in [0.29, 0.717) is 12.5 Å². The molecule has 2 aromatic carbocycles. The molecule has 1 heterocycles. The van der Waals surface area contributed by atoms with Gasteiger partial charge in [0.1, 0.15) is 0 Å². The average molecular weight is 464 g/mol. The SMILES string of the molecule is I.NC(=NCc1ccc(CN2CCCCCC2)cc1)Nc1ccccc1. The maximum absolute atomic E-state index is 5.95. The Kier molecular flexibility index (Phi) is 8.91. The van der Waals surface area contributed by atoms with Gasteiger partial charge >= 0.3 is 0 Å². The van der Waals surface area contributed by atoms with E-state index >= 15 is 0 Å². The third kappa shape index (κ3) is 6.96. The summed E-state index contributed by atoms with van der Waals surface area (Å²) in [5.74, 6) is 0.444. The number of aliphatic imine (C=N–C) groups is 1. The van der Waals surface area contributed by atoms with Gasteiger partial charge in [0.2, 0.25) is 0 Å². The van der Waals surface area contributed by atoms with Crippen LogP contribution in [0.5, 0.6) is 0 Å². The number of benzene rings is 2. The predicted molar refractivity (Wildman–Crippen MR) is 121 cm³/mol. The molecular formula is C21H29IN4. The molecule has 2 aromatic rings. The van der Waals surface area contributed by atoms with Crippen molar-refractivity contribution < 1.29 is 0 Å². The zero-order valence-electron chi connectivity index (χ0n) is 15.2. The molecule has 1 fully saturated rings. The molecular weight excluding hydrogens is 435 g/mol. The van der Waals surface area contributed by atoms with Crippen LogP contribution < -0.4 is 11.1 Å². The Balaban J connectivity index is 0.00000243. The summed E-state index contributed by atoms with van der Waals surface area (Å²) in [6, 6.07) is 18.6. The van der Waals surface area contributed by atoms with Gasteiger partial charge in [-0.25, -0.2) is 4.99 Å². The van der Waals surface area contributed by atoms with E-state index < -0.39 is 0 Å². The van der Waals surface area contributed by atoms with Gasteiger partial charge in [-0.2, -0.15) is 0 Å². The van der Waals surface area contributed by atoms with E-state index in [-0.39, 0.29) is 24.0 Å². The van der Waals surface area contributed by atoms with Gasteiger partial charge in [0.05, 0.1) is 6.54 Å². The number of para-hydroxylation sites is 1. The van der Waals surface area contributed by atoms with Gasteiger partial charge in [0, 0.05) is 12.2 Å². The van der Waals surface area contributed by atoms with Gasteiger partial charge in [0.25, 0.3) is 0 Å². The first kappa shape index (κ1) is 20.7. The number of guanidine groups is 1. The Hall–Kier alpha value is -1.60. The second-order valence-corrected chi connectivity index (χ2v) is 6.70. The van der Waals surface area contributed by atoms with Crippen LogP contribution in [0.2, 0.25) is 0 Å². The lowest BCUT2D eigenvalue weighted by Gasteiger charge is -2.19. The number of hydrogen-bond donors (Lipinski definition) is 2. The number of likely N-dealkylation sites (tertiary alicyclic amines) is 1. The van der Waals surface area contributed by atoms with Crippen molar-refractivity contribution in [2.75, 3.05) is 18.4 Å². The molecule has 0 saturated carbocycles. The highest BCUT2D eigenvalue weighted by atomic mass is 127. The van der Waals surface area contributed by atoms with Crippen molar-refractivity contribution in [2.24, 2.45) is 10.7 Å². The Morgan fingerprint density at radius 1 is 0.885 bits per heavy atom. The molecule has 26 heavy (non-hydrogen) atoms. The van der Waals surface area contributed by atoms with Crippen LogP contribution >= 0.6 is 24.0 Å². The lowest BCUT2D eigenvalue weighted by Crippen LogP contribution is -2.23. The van der Waals surface area contributed by atoms with Crippen molar-refractivity contribution in [3.63, 3.8) is 0 Å². The maximum Gasteiger partial charge on any atom is 0.193 e. The molecule has 4 nitrogen and oxygen atoms in total. The monoisotopic (exact) mass is 464 g/mol. The van der Waals surface area contributed by atoms with E-state index in [1.165, 1.54) is 49.9 Å². The Morgan fingerprint density at radius 2 is 1.50 bits per heavy atom. The van der Waals surface area contributed by atoms with E-state index in [4.69, 9.17) is 5.73 Å². The lowest BCUT2D eigenvalue weighted by molar-refractivity contribution is 0.277. The largest absolute Gasteiger partial charge is 0.370 e. The summed E-state index contributed by atoms with van der Waals surface area (Å²) >= 11 is 0. The summed E-state index contributed by atoms with van der Waals surface area (Å²) in [7, 11) is 0. The molecule has 1 saturated heterocycles. The molecule has 0 bridgehead atoms.